The minimum absolute atomic E-state index is 0.0553. The summed E-state index contributed by atoms with van der Waals surface area (Å²) in [5.41, 5.74) is 9.13. The van der Waals surface area contributed by atoms with Crippen LogP contribution in [0.15, 0.2) is 17.3 Å². The summed E-state index contributed by atoms with van der Waals surface area (Å²) < 4.78 is 5.97. The molecule has 1 aliphatic heterocycles. The Morgan fingerprint density at radius 2 is 0.978 bits per heavy atom. The van der Waals surface area contributed by atoms with Crippen LogP contribution in [-0.2, 0) is 62.3 Å². The van der Waals surface area contributed by atoms with Gasteiger partial charge < -0.3 is 60.3 Å². The van der Waals surface area contributed by atoms with Gasteiger partial charge in [0.2, 0.25) is 65.0 Å². The van der Waals surface area contributed by atoms with Gasteiger partial charge >= 0.3 is 5.97 Å². The molecule has 0 aromatic rings. The van der Waals surface area contributed by atoms with Crippen molar-refractivity contribution in [2.45, 2.75) is 223 Å². The zero-order chi connectivity index (χ0) is 70.4. The molecule has 1 aliphatic rings. The molecule has 0 unspecified atom stereocenters. The maximum absolute atomic E-state index is 15.5. The van der Waals surface area contributed by atoms with E-state index >= 15 is 19.2 Å². The Hall–Kier alpha value is -7.31. The van der Waals surface area contributed by atoms with Crippen LogP contribution < -0.4 is 21.3 Å². The molecule has 27 heteroatoms. The summed E-state index contributed by atoms with van der Waals surface area (Å²) in [6.45, 7) is 28.1. The normalized spacial score (nSPS) is 25.7. The third-order valence-corrected chi connectivity index (χ3v) is 16.6. The number of allylic oxidation sites excluding steroid dienone is 2. The lowest BCUT2D eigenvalue weighted by atomic mass is 9.91. The highest BCUT2D eigenvalue weighted by molar-refractivity contribution is 5.99. The number of carbonyl (C=O) groups excluding carboxylic acids is 12. The maximum atomic E-state index is 15.5. The molecule has 1 fully saturated rings. The zero-order valence-electron chi connectivity index (χ0n) is 59.0. The monoisotopic (exact) mass is 1280 g/mol. The van der Waals surface area contributed by atoms with Gasteiger partial charge in [0.25, 0.3) is 0 Å². The summed E-state index contributed by atoms with van der Waals surface area (Å²) in [6.07, 6.45) is 2.63. The molecule has 0 saturated carbocycles. The lowest BCUT2D eigenvalue weighted by Crippen LogP contribution is -2.64. The number of hydrogen-bond acceptors (Lipinski definition) is 14. The second-order valence-corrected chi connectivity index (χ2v) is 26.9. The van der Waals surface area contributed by atoms with Crippen molar-refractivity contribution in [3.63, 3.8) is 0 Å². The smallest absolute Gasteiger partial charge is 0.312 e. The van der Waals surface area contributed by atoms with Crippen LogP contribution in [-0.4, -0.2) is 234 Å². The van der Waals surface area contributed by atoms with Crippen LogP contribution in [0.4, 0.5) is 0 Å². The zero-order valence-corrected chi connectivity index (χ0v) is 59.0. The van der Waals surface area contributed by atoms with Gasteiger partial charge in [0, 0.05) is 54.2 Å². The number of ether oxygens (including phenoxy) is 1. The maximum Gasteiger partial charge on any atom is 0.312 e. The molecule has 0 bridgehead atoms. The topological polar surface area (TPSA) is 334 Å². The van der Waals surface area contributed by atoms with E-state index in [9.17, 15) is 38.4 Å². The molecule has 27 nitrogen and oxygen atoms in total. The van der Waals surface area contributed by atoms with Crippen molar-refractivity contribution in [1.82, 2.24) is 55.6 Å². The van der Waals surface area contributed by atoms with Crippen molar-refractivity contribution in [2.75, 3.05) is 62.4 Å². The van der Waals surface area contributed by atoms with Gasteiger partial charge in [0.1, 0.15) is 73.1 Å². The largest absolute Gasteiger partial charge is 0.459 e. The summed E-state index contributed by atoms with van der Waals surface area (Å²) in [5.74, 6) is -11.6. The first-order valence-electron chi connectivity index (χ1n) is 32.0. The third-order valence-electron chi connectivity index (χ3n) is 16.6. The van der Waals surface area contributed by atoms with E-state index in [1.807, 2.05) is 55.4 Å². The van der Waals surface area contributed by atoms with E-state index in [0.717, 1.165) is 9.80 Å². The minimum atomic E-state index is -1.74. The van der Waals surface area contributed by atoms with Crippen LogP contribution in [0.2, 0.25) is 0 Å². The molecule has 0 radical (unpaired) electrons. The fraction of sp³-hybridized carbons (Fsp3) is 0.781. The van der Waals surface area contributed by atoms with Gasteiger partial charge in [-0.3, -0.25) is 57.5 Å². The number of carbonyl (C=O) groups is 12. The number of amides is 11. The van der Waals surface area contributed by atoms with Crippen LogP contribution in [0.5, 0.6) is 0 Å². The average Bonchev–Trinajstić information content (AvgIpc) is 0.824. The fourth-order valence-corrected chi connectivity index (χ4v) is 11.1. The summed E-state index contributed by atoms with van der Waals surface area (Å²) >= 11 is 0. The summed E-state index contributed by atoms with van der Waals surface area (Å²) in [5, 5.41) is 14.3. The SMILES string of the molecule is C/C=C/C[C@@H](C)[C@@H](OC(=O)CN=[N+]=[N-])[C@H]1C(=O)N[C@@H](CC)C(=O)N(C)CC(=O)N(C)[C@@H](CC(C)C)C(=O)N[C@@H](C(C)C)C(=O)N(C)[C@@H](CC(C)C)C(=O)N[C@@H](C)C(=O)N[C@H](C)C(=O)N(C)[C@@H](CC(C)C)C(=O)N(C)[C@@H](CC(C)C)C(=O)N(C)[C@@H](C(C)C)C(=O)N1C. The number of hydrogen-bond donors (Lipinski definition) is 4. The highest BCUT2D eigenvalue weighted by Crippen LogP contribution is 2.27. The number of likely N-dealkylation sites (N-methyl/N-ethyl adjacent to an activating group) is 7. The van der Waals surface area contributed by atoms with Gasteiger partial charge in [-0.1, -0.05) is 114 Å². The molecule has 4 N–H and O–H groups in total. The van der Waals surface area contributed by atoms with Gasteiger partial charge in [-0.05, 0) is 106 Å². The number of azide groups is 1. The molecule has 516 valence electrons. The molecular weight excluding hydrogens is 1170 g/mol. The quantitative estimate of drug-likeness (QED) is 0.0494. The molecular formula is C64H112N14O13. The highest BCUT2D eigenvalue weighted by Gasteiger charge is 2.47. The molecule has 1 heterocycles. The fourth-order valence-electron chi connectivity index (χ4n) is 11.1. The minimum Gasteiger partial charge on any atom is -0.459 e. The van der Waals surface area contributed by atoms with Gasteiger partial charge in [0.15, 0.2) is 0 Å². The predicted octanol–water partition coefficient (Wildman–Crippen LogP) is 4.13. The van der Waals surface area contributed by atoms with Gasteiger partial charge in [-0.2, -0.15) is 0 Å². The van der Waals surface area contributed by atoms with Gasteiger partial charge in [-0.25, -0.2) is 0 Å². The lowest BCUT2D eigenvalue weighted by Gasteiger charge is -2.42. The number of nitrogens with zero attached hydrogens (tertiary/aromatic N) is 10. The van der Waals surface area contributed by atoms with E-state index in [1.165, 1.54) is 87.7 Å². The number of nitrogens with one attached hydrogen (secondary N) is 4. The summed E-state index contributed by atoms with van der Waals surface area (Å²) in [7, 11) is 9.70. The van der Waals surface area contributed by atoms with Crippen LogP contribution in [0.3, 0.4) is 0 Å². The van der Waals surface area contributed by atoms with Gasteiger partial charge in [0.05, 0.1) is 6.54 Å². The second-order valence-electron chi connectivity index (χ2n) is 26.9. The number of rotatable bonds is 18. The third kappa shape index (κ3) is 23.7. The Morgan fingerprint density at radius 3 is 1.44 bits per heavy atom. The molecule has 1 saturated heterocycles. The Kier molecular flexibility index (Phi) is 34.0. The molecule has 0 aromatic carbocycles. The first-order valence-corrected chi connectivity index (χ1v) is 32.0. The van der Waals surface area contributed by atoms with Crippen molar-refractivity contribution in [3.05, 3.63) is 22.6 Å². The molecule has 0 aromatic heterocycles. The Labute approximate surface area is 541 Å². The standard InChI is InChI=1S/C64H112N14O13/c1-25-27-28-41(15)54(91-50(80)33-66-71-65)53-58(84)69-44(26-2)60(86)72(18)34-49(79)73(19)45(29-35(3)4)57(83)70-51(39(11)12)63(89)74(20)46(30-36(5)6)56(82)67-42(16)55(81)68-43(17)59(85)75(21)47(31-37(7)8)61(87)76(22)48(32-38(9)10)62(88)77(23)52(40(13)14)64(90)78(53)24/h25,27,35-48,51-54H,26,28-34H2,1-24H3,(H,67,82)(H,68,81)(H,69,84)(H,70,83)/b27-25+/t41-,42+,43-,44+,45+,46+,47+,48+,51+,52+,53+,54-/m1/s1. The molecule has 11 amide bonds. The van der Waals surface area contributed by atoms with E-state index < -0.39 is 168 Å². The van der Waals surface area contributed by atoms with E-state index in [4.69, 9.17) is 10.3 Å². The average molecular weight is 1290 g/mol. The van der Waals surface area contributed by atoms with Gasteiger partial charge in [-0.15, -0.1) is 0 Å². The highest BCUT2D eigenvalue weighted by atomic mass is 16.5. The molecule has 0 aliphatic carbocycles. The summed E-state index contributed by atoms with van der Waals surface area (Å²) in [6, 6.07) is -12.9. The van der Waals surface area contributed by atoms with Crippen molar-refractivity contribution >= 4 is 70.9 Å². The summed E-state index contributed by atoms with van der Waals surface area (Å²) in [4.78, 5) is 186. The first kappa shape index (κ1) is 81.7. The van der Waals surface area contributed by atoms with E-state index in [0.29, 0.717) is 0 Å². The Morgan fingerprint density at radius 1 is 0.538 bits per heavy atom. The Balaban J connectivity index is 4.51. The van der Waals surface area contributed by atoms with Crippen molar-refractivity contribution in [1.29, 1.82) is 0 Å². The van der Waals surface area contributed by atoms with Crippen molar-refractivity contribution in [3.8, 4) is 0 Å². The first-order chi connectivity index (χ1) is 42.1. The molecule has 1 rings (SSSR count). The second kappa shape index (κ2) is 37.9. The van der Waals surface area contributed by atoms with E-state index in [1.54, 1.807) is 60.6 Å². The molecule has 12 atom stereocenters. The lowest BCUT2D eigenvalue weighted by molar-refractivity contribution is -0.164. The Bertz CT molecular complexity index is 2610. The van der Waals surface area contributed by atoms with Crippen LogP contribution in [0.1, 0.15) is 156 Å². The van der Waals surface area contributed by atoms with Crippen molar-refractivity contribution in [2.24, 2.45) is 46.5 Å². The number of esters is 1. The molecule has 0 spiro atoms. The molecule has 91 heavy (non-hydrogen) atoms. The van der Waals surface area contributed by atoms with Crippen LogP contribution >= 0.6 is 0 Å². The van der Waals surface area contributed by atoms with E-state index in [-0.39, 0.29) is 62.2 Å². The van der Waals surface area contributed by atoms with E-state index in [2.05, 4.69) is 31.3 Å². The van der Waals surface area contributed by atoms with Crippen molar-refractivity contribution < 1.29 is 62.3 Å². The van der Waals surface area contributed by atoms with Crippen LogP contribution in [0.25, 0.3) is 10.4 Å². The van der Waals surface area contributed by atoms with Crippen LogP contribution in [0, 0.1) is 41.4 Å². The predicted molar refractivity (Wildman–Crippen MR) is 346 cm³/mol.